The van der Waals surface area contributed by atoms with Crippen LogP contribution in [0.15, 0.2) is 11.4 Å². The molecule has 3 aromatic rings. The van der Waals surface area contributed by atoms with E-state index < -0.39 is 17.4 Å². The number of fused-ring (bicyclic) bond motifs is 8. The molecule has 1 atom stereocenters. The highest BCUT2D eigenvalue weighted by Gasteiger charge is 2.44. The number of carboxylic acid groups (broad SMARTS) is 2. The summed E-state index contributed by atoms with van der Waals surface area (Å²) in [4.78, 5) is 47.5. The maximum Gasteiger partial charge on any atom is 0.303 e. The van der Waals surface area contributed by atoms with E-state index in [0.717, 1.165) is 73.4 Å². The Kier molecular flexibility index (Phi) is 7.86. The highest BCUT2D eigenvalue weighted by Crippen LogP contribution is 2.41. The molecule has 0 aliphatic carbocycles. The van der Waals surface area contributed by atoms with Gasteiger partial charge in [0.25, 0.3) is 0 Å². The third-order valence-corrected chi connectivity index (χ3v) is 9.36. The highest BCUT2D eigenvalue weighted by atomic mass is 16.4. The number of rotatable bonds is 8. The second kappa shape index (κ2) is 11.3. The third-order valence-electron chi connectivity index (χ3n) is 9.36. The Bertz CT molecular complexity index is 1840. The minimum Gasteiger partial charge on any atom is -0.481 e. The second-order valence-corrected chi connectivity index (χ2v) is 11.9. The van der Waals surface area contributed by atoms with E-state index in [1.807, 2.05) is 39.8 Å². The fourth-order valence-electron chi connectivity index (χ4n) is 6.39. The summed E-state index contributed by atoms with van der Waals surface area (Å²) >= 11 is 0. The number of aliphatic carboxylic acids is 2. The van der Waals surface area contributed by atoms with Crippen molar-refractivity contribution in [2.45, 2.75) is 80.1 Å². The molecule has 6 N–H and O–H groups in total. The van der Waals surface area contributed by atoms with Crippen LogP contribution in [0.4, 0.5) is 0 Å². The van der Waals surface area contributed by atoms with Gasteiger partial charge in [-0.05, 0) is 111 Å². The van der Waals surface area contributed by atoms with E-state index in [2.05, 4.69) is 46.3 Å². The maximum atomic E-state index is 13.9. The lowest BCUT2D eigenvalue weighted by molar-refractivity contribution is -0.138. The molecule has 8 bridgehead atoms. The first-order valence-electron chi connectivity index (χ1n) is 14.9. The van der Waals surface area contributed by atoms with E-state index in [1.54, 1.807) is 0 Å². The Morgan fingerprint density at radius 3 is 1.88 bits per heavy atom. The zero-order valence-electron chi connectivity index (χ0n) is 25.7. The van der Waals surface area contributed by atoms with Gasteiger partial charge in [0.2, 0.25) is 0 Å². The fourth-order valence-corrected chi connectivity index (χ4v) is 6.39. The summed E-state index contributed by atoms with van der Waals surface area (Å²) < 4.78 is 0. The first kappa shape index (κ1) is 29.9. The molecule has 5 heterocycles. The molecule has 43 heavy (non-hydrogen) atoms. The van der Waals surface area contributed by atoms with Crippen LogP contribution in [0, 0.1) is 26.2 Å². The predicted molar refractivity (Wildman–Crippen MR) is 167 cm³/mol. The SMILES string of the molecule is CCc1c2[nH]c(c1C)/C=c1\[nH]/c(c(CCC(=O)O)c1C)=C\c1[nH]c(c(C)c1CCC(=O)O)/C=C1\N/C(=C\2)[C@](C)(CC)C1=O. The van der Waals surface area contributed by atoms with Crippen LogP contribution in [0.2, 0.25) is 0 Å². The number of aromatic nitrogens is 3. The average molecular weight is 585 g/mol. The van der Waals surface area contributed by atoms with E-state index in [4.69, 9.17) is 0 Å². The van der Waals surface area contributed by atoms with E-state index in [1.165, 1.54) is 5.56 Å². The van der Waals surface area contributed by atoms with Gasteiger partial charge in [0.05, 0.1) is 11.1 Å². The van der Waals surface area contributed by atoms with E-state index in [-0.39, 0.29) is 18.6 Å². The minimum absolute atomic E-state index is 0.00506. The monoisotopic (exact) mass is 584 g/mol. The molecule has 0 unspecified atom stereocenters. The number of H-pyrrole nitrogens is 3. The van der Waals surface area contributed by atoms with Gasteiger partial charge in [0, 0.05) is 52.0 Å². The van der Waals surface area contributed by atoms with Crippen LogP contribution in [0.25, 0.3) is 24.3 Å². The van der Waals surface area contributed by atoms with Gasteiger partial charge in [-0.15, -0.1) is 0 Å². The van der Waals surface area contributed by atoms with Crippen LogP contribution in [-0.4, -0.2) is 42.9 Å². The zero-order chi connectivity index (χ0) is 31.2. The van der Waals surface area contributed by atoms with Gasteiger partial charge < -0.3 is 30.5 Å². The number of hydrogen-bond acceptors (Lipinski definition) is 4. The number of carbonyl (C=O) groups is 3. The molecule has 2 aliphatic rings. The summed E-state index contributed by atoms with van der Waals surface area (Å²) in [6, 6.07) is 0. The van der Waals surface area contributed by atoms with E-state index in [0.29, 0.717) is 25.0 Å². The summed E-state index contributed by atoms with van der Waals surface area (Å²) in [5.74, 6) is -1.77. The Labute approximate surface area is 250 Å². The van der Waals surface area contributed by atoms with Gasteiger partial charge in [0.15, 0.2) is 5.78 Å². The fraction of sp³-hybridized carbons (Fsp3) is 0.382. The Morgan fingerprint density at radius 1 is 0.721 bits per heavy atom. The van der Waals surface area contributed by atoms with Crippen LogP contribution in [0.1, 0.15) is 96.2 Å². The molecular formula is C34H40N4O5. The van der Waals surface area contributed by atoms with Crippen LogP contribution in [-0.2, 0) is 33.6 Å². The Hall–Kier alpha value is -4.53. The van der Waals surface area contributed by atoms with Crippen molar-refractivity contribution in [2.75, 3.05) is 0 Å². The molecule has 0 amide bonds. The normalized spacial score (nSPS) is 21.6. The molecule has 0 saturated carbocycles. The van der Waals surface area contributed by atoms with Gasteiger partial charge in [-0.2, -0.15) is 0 Å². The highest BCUT2D eigenvalue weighted by molar-refractivity contribution is 6.08. The van der Waals surface area contributed by atoms with Gasteiger partial charge in [-0.1, -0.05) is 13.8 Å². The van der Waals surface area contributed by atoms with E-state index in [9.17, 15) is 24.6 Å². The van der Waals surface area contributed by atoms with Gasteiger partial charge >= 0.3 is 11.9 Å². The van der Waals surface area contributed by atoms with Crippen LogP contribution in [0.3, 0.4) is 0 Å². The summed E-state index contributed by atoms with van der Waals surface area (Å²) in [7, 11) is 0. The minimum atomic E-state index is -0.896. The van der Waals surface area contributed by atoms with Crippen molar-refractivity contribution in [1.82, 2.24) is 20.3 Å². The lowest BCUT2D eigenvalue weighted by atomic mass is 9.81. The van der Waals surface area contributed by atoms with E-state index >= 15 is 0 Å². The second-order valence-electron chi connectivity index (χ2n) is 11.9. The molecule has 9 nitrogen and oxygen atoms in total. The van der Waals surface area contributed by atoms with Crippen molar-refractivity contribution in [3.8, 4) is 0 Å². The topological polar surface area (TPSA) is 151 Å². The van der Waals surface area contributed by atoms with Crippen LogP contribution in [0.5, 0.6) is 0 Å². The molecule has 0 aromatic carbocycles. The zero-order valence-corrected chi connectivity index (χ0v) is 25.7. The Morgan fingerprint density at radius 2 is 1.28 bits per heavy atom. The molecule has 0 spiro atoms. The average Bonchev–Trinajstić information content (AvgIpc) is 3.59. The largest absolute Gasteiger partial charge is 0.481 e. The standard InChI is InChI=1S/C34H40N4O5/c1-7-20-17(3)23-13-24-18(4)21(9-11-31(39)40)26(35-24)15-27-22(10-12-32(41)42)19(5)25(36-27)14-29-33(43)34(6,8-2)30(38-29)16-28(20)37-23/h13-16,35-38H,7-12H2,1-6H3,(H,39,40)(H,41,42)/b24-13-,26-15-,29-14-,30-16-/t34-/m0/s1. The molecule has 3 aromatic heterocycles. The van der Waals surface area contributed by atoms with Gasteiger partial charge in [-0.25, -0.2) is 0 Å². The van der Waals surface area contributed by atoms with Crippen LogP contribution < -0.4 is 16.0 Å². The van der Waals surface area contributed by atoms with Gasteiger partial charge in [-0.3, -0.25) is 14.4 Å². The molecule has 2 aliphatic heterocycles. The maximum absolute atomic E-state index is 13.9. The molecule has 226 valence electrons. The lowest BCUT2D eigenvalue weighted by Crippen LogP contribution is -2.23. The number of allylic oxidation sites excluding steroid dienone is 2. The molecule has 9 heteroatoms. The van der Waals surface area contributed by atoms with Crippen molar-refractivity contribution in [2.24, 2.45) is 5.41 Å². The molecule has 5 rings (SSSR count). The summed E-state index contributed by atoms with van der Waals surface area (Å²) in [5, 5.41) is 24.0. The van der Waals surface area contributed by atoms with Crippen molar-refractivity contribution in [3.05, 3.63) is 78.2 Å². The number of aromatic amines is 3. The third kappa shape index (κ3) is 5.28. The number of Topliss-reactive ketones (excluding diaryl/α,β-unsaturated/α-hetero) is 1. The first-order valence-corrected chi connectivity index (χ1v) is 14.9. The van der Waals surface area contributed by atoms with Crippen molar-refractivity contribution >= 4 is 42.0 Å². The number of carbonyl (C=O) groups excluding carboxylic acids is 1. The first-order chi connectivity index (χ1) is 20.4. The van der Waals surface area contributed by atoms with Gasteiger partial charge in [0.1, 0.15) is 0 Å². The van der Waals surface area contributed by atoms with Crippen molar-refractivity contribution in [1.29, 1.82) is 0 Å². The number of nitrogens with one attached hydrogen (secondary N) is 4. The number of hydrogen-bond donors (Lipinski definition) is 6. The summed E-state index contributed by atoms with van der Waals surface area (Å²) in [5.41, 5.74) is 9.79. The number of carboxylic acids is 2. The lowest BCUT2D eigenvalue weighted by Gasteiger charge is -2.20. The molecule has 0 radical (unpaired) electrons. The number of ketones is 1. The smallest absolute Gasteiger partial charge is 0.303 e. The van der Waals surface area contributed by atoms with Crippen LogP contribution >= 0.6 is 0 Å². The summed E-state index contributed by atoms with van der Waals surface area (Å²) in [6.07, 6.45) is 9.90. The van der Waals surface area contributed by atoms with Crippen molar-refractivity contribution in [3.63, 3.8) is 0 Å². The Balaban J connectivity index is 1.86. The molecule has 1 fully saturated rings. The molecular weight excluding hydrogens is 544 g/mol. The van der Waals surface area contributed by atoms with Crippen molar-refractivity contribution < 1.29 is 24.6 Å². The quantitative estimate of drug-likeness (QED) is 0.234. The molecule has 1 saturated heterocycles. The summed E-state index contributed by atoms with van der Waals surface area (Å²) in [6.45, 7) is 12.1. The predicted octanol–water partition coefficient (Wildman–Crippen LogP) is 4.13.